The van der Waals surface area contributed by atoms with Crippen LogP contribution < -0.4 is 9.47 Å². The van der Waals surface area contributed by atoms with Gasteiger partial charge in [-0.2, -0.15) is 0 Å². The highest BCUT2D eigenvalue weighted by atomic mass is 19.1. The van der Waals surface area contributed by atoms with Crippen molar-refractivity contribution in [2.75, 3.05) is 26.8 Å². The third-order valence-electron chi connectivity index (χ3n) is 6.87. The first-order valence-electron chi connectivity index (χ1n) is 11.5. The number of pyridine rings is 1. The molecular weight excluding hydrogens is 437 g/mol. The van der Waals surface area contributed by atoms with Gasteiger partial charge >= 0.3 is 0 Å². The number of halogens is 1. The van der Waals surface area contributed by atoms with Gasteiger partial charge in [-0.3, -0.25) is 4.79 Å². The molecule has 1 aromatic heterocycles. The number of piperidine rings is 1. The molecule has 2 saturated heterocycles. The van der Waals surface area contributed by atoms with Gasteiger partial charge in [0.1, 0.15) is 38.9 Å². The molecule has 2 aliphatic heterocycles. The molecule has 5 rings (SSSR count). The fourth-order valence-corrected chi connectivity index (χ4v) is 4.84. The zero-order chi connectivity index (χ0) is 23.9. The monoisotopic (exact) mass is 462 g/mol. The SMILES string of the molecule is [B]C1([B])OC2CN(C(=O)c3ccc(OCC4CCC4)c(OC)n3)CCC2(c2cccc(F)c2)O1. The summed E-state index contributed by atoms with van der Waals surface area (Å²) in [4.78, 5) is 19.3. The molecule has 2 aromatic rings. The van der Waals surface area contributed by atoms with Gasteiger partial charge in [0.15, 0.2) is 5.75 Å². The Morgan fingerprint density at radius 3 is 2.82 bits per heavy atom. The van der Waals surface area contributed by atoms with E-state index in [-0.39, 0.29) is 24.0 Å². The summed E-state index contributed by atoms with van der Waals surface area (Å²) < 4.78 is 36.9. The van der Waals surface area contributed by atoms with Crippen LogP contribution in [0, 0.1) is 11.7 Å². The number of hydrogen-bond donors (Lipinski definition) is 0. The van der Waals surface area contributed by atoms with Gasteiger partial charge in [0.25, 0.3) is 11.8 Å². The summed E-state index contributed by atoms with van der Waals surface area (Å²) in [7, 11) is 13.4. The Morgan fingerprint density at radius 1 is 1.29 bits per heavy atom. The molecule has 2 unspecified atom stereocenters. The van der Waals surface area contributed by atoms with E-state index in [1.54, 1.807) is 29.2 Å². The molecule has 7 nitrogen and oxygen atoms in total. The number of methoxy groups -OCH3 is 1. The Morgan fingerprint density at radius 2 is 2.12 bits per heavy atom. The van der Waals surface area contributed by atoms with Crippen molar-refractivity contribution < 1.29 is 28.1 Å². The molecule has 3 aliphatic rings. The Hall–Kier alpha value is -2.58. The molecule has 3 heterocycles. The minimum Gasteiger partial charge on any atom is -0.488 e. The van der Waals surface area contributed by atoms with Crippen molar-refractivity contribution in [2.24, 2.45) is 5.92 Å². The van der Waals surface area contributed by atoms with Crippen LogP contribution in [0.25, 0.3) is 0 Å². The largest absolute Gasteiger partial charge is 0.488 e. The average molecular weight is 462 g/mol. The number of nitrogens with zero attached hydrogens (tertiary/aromatic N) is 2. The van der Waals surface area contributed by atoms with E-state index in [4.69, 9.17) is 34.6 Å². The molecule has 3 fully saturated rings. The zero-order valence-electron chi connectivity index (χ0n) is 19.0. The highest BCUT2D eigenvalue weighted by Gasteiger charge is 2.56. The van der Waals surface area contributed by atoms with Crippen LogP contribution in [0.15, 0.2) is 36.4 Å². The van der Waals surface area contributed by atoms with E-state index < -0.39 is 23.1 Å². The third-order valence-corrected chi connectivity index (χ3v) is 6.87. The minimum atomic E-state index is -1.85. The van der Waals surface area contributed by atoms with Crippen LogP contribution in [0.3, 0.4) is 0 Å². The van der Waals surface area contributed by atoms with Crippen molar-refractivity contribution in [3.63, 3.8) is 0 Å². The molecule has 2 atom stereocenters. The van der Waals surface area contributed by atoms with Gasteiger partial charge in [-0.15, -0.1) is 0 Å². The highest BCUT2D eigenvalue weighted by molar-refractivity contribution is 6.38. The number of aromatic nitrogens is 1. The maximum atomic E-state index is 14.0. The van der Waals surface area contributed by atoms with Crippen LogP contribution in [-0.2, 0) is 15.1 Å². The maximum Gasteiger partial charge on any atom is 0.272 e. The number of rotatable bonds is 6. The molecule has 1 amide bonds. The molecule has 1 aromatic carbocycles. The van der Waals surface area contributed by atoms with Crippen LogP contribution in [0.2, 0.25) is 0 Å². The summed E-state index contributed by atoms with van der Waals surface area (Å²) in [6.45, 7) is 1.07. The first kappa shape index (κ1) is 23.2. The Bertz CT molecular complexity index is 1080. The molecule has 0 bridgehead atoms. The molecular formula is C24H25B2FN2O5. The van der Waals surface area contributed by atoms with Crippen LogP contribution in [0.4, 0.5) is 4.39 Å². The second-order valence-corrected chi connectivity index (χ2v) is 9.14. The lowest BCUT2D eigenvalue weighted by molar-refractivity contribution is -0.0775. The zero-order valence-corrected chi connectivity index (χ0v) is 19.0. The van der Waals surface area contributed by atoms with E-state index in [1.807, 2.05) is 0 Å². The summed E-state index contributed by atoms with van der Waals surface area (Å²) in [6, 6.07) is 9.39. The molecule has 10 heteroatoms. The number of carbonyl (C=O) groups is 1. The number of carbonyl (C=O) groups excluding carboxylic acids is 1. The first-order valence-corrected chi connectivity index (χ1v) is 11.5. The Kier molecular flexibility index (Phi) is 6.06. The molecule has 0 spiro atoms. The summed E-state index contributed by atoms with van der Waals surface area (Å²) in [5, 5.41) is 0. The lowest BCUT2D eigenvalue weighted by Crippen LogP contribution is -2.53. The van der Waals surface area contributed by atoms with Gasteiger partial charge in [-0.25, -0.2) is 9.37 Å². The normalized spacial score (nSPS) is 25.9. The molecule has 34 heavy (non-hydrogen) atoms. The van der Waals surface area contributed by atoms with Gasteiger partial charge in [-0.05, 0) is 48.6 Å². The predicted octanol–water partition coefficient (Wildman–Crippen LogP) is 2.51. The van der Waals surface area contributed by atoms with E-state index in [0.717, 1.165) is 12.8 Å². The Balaban J connectivity index is 1.34. The van der Waals surface area contributed by atoms with E-state index in [1.165, 1.54) is 25.7 Å². The van der Waals surface area contributed by atoms with Crippen LogP contribution in [0.5, 0.6) is 11.6 Å². The molecule has 0 N–H and O–H groups in total. The number of ether oxygens (including phenoxy) is 4. The fraction of sp³-hybridized carbons (Fsp3) is 0.500. The van der Waals surface area contributed by atoms with Crippen LogP contribution in [-0.4, -0.2) is 70.0 Å². The van der Waals surface area contributed by atoms with Crippen molar-refractivity contribution in [2.45, 2.75) is 43.0 Å². The van der Waals surface area contributed by atoms with Crippen molar-refractivity contribution >= 4 is 21.6 Å². The number of hydrogen-bond acceptors (Lipinski definition) is 6. The van der Waals surface area contributed by atoms with Crippen molar-refractivity contribution in [3.8, 4) is 11.6 Å². The molecule has 4 radical (unpaired) electrons. The fourth-order valence-electron chi connectivity index (χ4n) is 4.84. The van der Waals surface area contributed by atoms with Gasteiger partial charge in [0.2, 0.25) is 0 Å². The van der Waals surface area contributed by atoms with Crippen LogP contribution >= 0.6 is 0 Å². The quantitative estimate of drug-likeness (QED) is 0.615. The van der Waals surface area contributed by atoms with Gasteiger partial charge < -0.3 is 23.8 Å². The smallest absolute Gasteiger partial charge is 0.272 e. The highest BCUT2D eigenvalue weighted by Crippen LogP contribution is 2.47. The lowest BCUT2D eigenvalue weighted by atomic mass is 9.76. The topological polar surface area (TPSA) is 70.1 Å². The van der Waals surface area contributed by atoms with E-state index >= 15 is 0 Å². The maximum absolute atomic E-state index is 14.0. The first-order chi connectivity index (χ1) is 16.3. The average Bonchev–Trinajstić information content (AvgIpc) is 3.08. The number of benzene rings is 1. The second-order valence-electron chi connectivity index (χ2n) is 9.14. The summed E-state index contributed by atoms with van der Waals surface area (Å²) in [5.41, 5.74) is -2.13. The predicted molar refractivity (Wildman–Crippen MR) is 122 cm³/mol. The van der Waals surface area contributed by atoms with E-state index in [2.05, 4.69) is 4.98 Å². The van der Waals surface area contributed by atoms with Gasteiger partial charge in [-0.1, -0.05) is 18.6 Å². The Labute approximate surface area is 200 Å². The standard InChI is InChI=1S/C24H25B2FN2O5/c1-31-21-19(32-14-15-4-2-5-15)9-8-18(28-21)22(30)29-11-10-23(16-6-3-7-17(27)12-16)20(13-29)33-24(25,26)34-23/h3,6-9,12,15,20H,2,4-5,10-11,13-14H2,1H3. The number of fused-ring (bicyclic) bond motifs is 1. The molecule has 174 valence electrons. The minimum absolute atomic E-state index is 0.148. The van der Waals surface area contributed by atoms with Crippen molar-refractivity contribution in [1.82, 2.24) is 9.88 Å². The lowest BCUT2D eigenvalue weighted by Gasteiger charge is -2.42. The second kappa shape index (κ2) is 8.89. The number of likely N-dealkylation sites (tertiary alicyclic amines) is 1. The summed E-state index contributed by atoms with van der Waals surface area (Å²) in [6.07, 6.45) is 3.20. The van der Waals surface area contributed by atoms with Crippen molar-refractivity contribution in [1.29, 1.82) is 0 Å². The van der Waals surface area contributed by atoms with E-state index in [9.17, 15) is 9.18 Å². The van der Waals surface area contributed by atoms with Crippen LogP contribution in [0.1, 0.15) is 41.7 Å². The molecule has 1 aliphatic carbocycles. The van der Waals surface area contributed by atoms with Crippen molar-refractivity contribution in [3.05, 3.63) is 53.5 Å². The molecule has 1 saturated carbocycles. The summed E-state index contributed by atoms with van der Waals surface area (Å²) >= 11 is 0. The van der Waals surface area contributed by atoms with Gasteiger partial charge in [0, 0.05) is 13.0 Å². The van der Waals surface area contributed by atoms with E-state index in [0.29, 0.717) is 36.8 Å². The van der Waals surface area contributed by atoms with Gasteiger partial charge in [0.05, 0.1) is 25.8 Å². The third kappa shape index (κ3) is 4.29. The number of amides is 1. The summed E-state index contributed by atoms with van der Waals surface area (Å²) in [5.74, 6) is 0.628.